The first kappa shape index (κ1) is 16.3. The Balaban J connectivity index is 1.74. The molecule has 7 heteroatoms. The summed E-state index contributed by atoms with van der Waals surface area (Å²) in [5.74, 6) is 0.594. The largest absolute Gasteiger partial charge is 0.326 e. The van der Waals surface area contributed by atoms with Crippen LogP contribution in [0, 0.1) is 13.8 Å². The highest BCUT2D eigenvalue weighted by molar-refractivity contribution is 9.10. The highest BCUT2D eigenvalue weighted by Crippen LogP contribution is 2.32. The van der Waals surface area contributed by atoms with Crippen LogP contribution >= 0.6 is 27.7 Å². The summed E-state index contributed by atoms with van der Waals surface area (Å²) < 4.78 is 2.65. The molecule has 0 saturated heterocycles. The van der Waals surface area contributed by atoms with E-state index in [9.17, 15) is 9.59 Å². The maximum absolute atomic E-state index is 12.3. The number of amides is 1. The van der Waals surface area contributed by atoms with Crippen molar-refractivity contribution in [2.75, 3.05) is 11.1 Å². The lowest BCUT2D eigenvalue weighted by molar-refractivity contribution is -0.116. The minimum absolute atomic E-state index is 0.0581. The van der Waals surface area contributed by atoms with Crippen molar-refractivity contribution < 1.29 is 4.79 Å². The molecule has 0 aliphatic carbocycles. The SMILES string of the molecule is Cc1cc(NC(=O)CC2CSc3ncc(C)c(=O)n32)ccc1Br. The second-order valence-electron chi connectivity index (χ2n) is 5.58. The van der Waals surface area contributed by atoms with Gasteiger partial charge in [0.2, 0.25) is 5.91 Å². The molecule has 0 radical (unpaired) electrons. The predicted molar refractivity (Wildman–Crippen MR) is 95.1 cm³/mol. The molecule has 1 atom stereocenters. The number of aryl methyl sites for hydroxylation is 2. The van der Waals surface area contributed by atoms with Crippen LogP contribution in [0.2, 0.25) is 0 Å². The fourth-order valence-corrected chi connectivity index (χ4v) is 3.87. The zero-order valence-corrected chi connectivity index (χ0v) is 15.2. The van der Waals surface area contributed by atoms with Crippen molar-refractivity contribution in [2.24, 2.45) is 0 Å². The van der Waals surface area contributed by atoms with Gasteiger partial charge in [-0.2, -0.15) is 0 Å². The minimum Gasteiger partial charge on any atom is -0.326 e. The van der Waals surface area contributed by atoms with E-state index in [4.69, 9.17) is 0 Å². The molecule has 2 heterocycles. The van der Waals surface area contributed by atoms with Gasteiger partial charge < -0.3 is 5.32 Å². The van der Waals surface area contributed by atoms with Gasteiger partial charge in [-0.05, 0) is 37.6 Å². The van der Waals surface area contributed by atoms with E-state index in [1.807, 2.05) is 25.1 Å². The van der Waals surface area contributed by atoms with Crippen LogP contribution in [0.3, 0.4) is 0 Å². The monoisotopic (exact) mass is 393 g/mol. The molecule has 1 aliphatic rings. The molecule has 0 spiro atoms. The van der Waals surface area contributed by atoms with Gasteiger partial charge in [0.05, 0.1) is 6.04 Å². The van der Waals surface area contributed by atoms with Crippen LogP contribution in [-0.2, 0) is 4.79 Å². The quantitative estimate of drug-likeness (QED) is 0.812. The lowest BCUT2D eigenvalue weighted by atomic mass is 10.2. The number of benzene rings is 1. The van der Waals surface area contributed by atoms with E-state index in [0.29, 0.717) is 16.5 Å². The van der Waals surface area contributed by atoms with Gasteiger partial charge in [0.25, 0.3) is 5.56 Å². The average Bonchev–Trinajstić information content (AvgIpc) is 2.90. The maximum atomic E-state index is 12.3. The van der Waals surface area contributed by atoms with Crippen molar-refractivity contribution in [2.45, 2.75) is 31.5 Å². The molecule has 2 aromatic rings. The second kappa shape index (κ2) is 6.49. The van der Waals surface area contributed by atoms with Crippen molar-refractivity contribution in [3.05, 3.63) is 50.3 Å². The fourth-order valence-electron chi connectivity index (χ4n) is 2.52. The number of nitrogens with one attached hydrogen (secondary N) is 1. The van der Waals surface area contributed by atoms with Crippen LogP contribution in [0.15, 0.2) is 38.8 Å². The van der Waals surface area contributed by atoms with Crippen molar-refractivity contribution in [3.8, 4) is 0 Å². The molecule has 0 fully saturated rings. The molecular weight excluding hydrogens is 378 g/mol. The first-order valence-corrected chi connectivity index (χ1v) is 9.00. The highest BCUT2D eigenvalue weighted by Gasteiger charge is 2.27. The van der Waals surface area contributed by atoms with E-state index in [1.54, 1.807) is 17.7 Å². The zero-order valence-electron chi connectivity index (χ0n) is 12.8. The number of hydrogen-bond acceptors (Lipinski definition) is 4. The van der Waals surface area contributed by atoms with E-state index < -0.39 is 0 Å². The maximum Gasteiger partial charge on any atom is 0.257 e. The molecule has 5 nitrogen and oxygen atoms in total. The van der Waals surface area contributed by atoms with Gasteiger partial charge in [-0.3, -0.25) is 14.2 Å². The van der Waals surface area contributed by atoms with Crippen LogP contribution in [0.1, 0.15) is 23.6 Å². The zero-order chi connectivity index (χ0) is 16.6. The lowest BCUT2D eigenvalue weighted by Crippen LogP contribution is -2.28. The molecule has 1 unspecified atom stereocenters. The van der Waals surface area contributed by atoms with E-state index in [1.165, 1.54) is 11.8 Å². The minimum atomic E-state index is -0.147. The number of thioether (sulfide) groups is 1. The standard InChI is InChI=1S/C16H16BrN3O2S/c1-9-5-11(3-4-13(9)17)19-14(21)6-12-8-23-16-18-7-10(2)15(22)20(12)16/h3-5,7,12H,6,8H2,1-2H3,(H,19,21). The van der Waals surface area contributed by atoms with Gasteiger partial charge in [0, 0.05) is 34.1 Å². The number of rotatable bonds is 3. The molecule has 1 aromatic heterocycles. The van der Waals surface area contributed by atoms with Gasteiger partial charge in [-0.1, -0.05) is 27.7 Å². The van der Waals surface area contributed by atoms with Gasteiger partial charge in [-0.15, -0.1) is 0 Å². The van der Waals surface area contributed by atoms with Crippen LogP contribution in [0.4, 0.5) is 5.69 Å². The van der Waals surface area contributed by atoms with E-state index in [2.05, 4.69) is 26.2 Å². The molecule has 1 aliphatic heterocycles. The van der Waals surface area contributed by atoms with Crippen LogP contribution < -0.4 is 10.9 Å². The highest BCUT2D eigenvalue weighted by atomic mass is 79.9. The summed E-state index contributed by atoms with van der Waals surface area (Å²) in [5, 5.41) is 3.59. The summed E-state index contributed by atoms with van der Waals surface area (Å²) in [5.41, 5.74) is 2.36. The molecule has 0 saturated carbocycles. The number of halogens is 1. The molecular formula is C16H16BrN3O2S. The Hall–Kier alpha value is -1.60. The Morgan fingerprint density at radius 3 is 2.96 bits per heavy atom. The number of carbonyl (C=O) groups excluding carboxylic acids is 1. The smallest absolute Gasteiger partial charge is 0.257 e. The summed E-state index contributed by atoms with van der Waals surface area (Å²) in [6.45, 7) is 3.71. The Bertz CT molecular complexity index is 835. The third kappa shape index (κ3) is 3.35. The van der Waals surface area contributed by atoms with Crippen molar-refractivity contribution in [1.29, 1.82) is 0 Å². The Kier molecular flexibility index (Phi) is 4.59. The number of nitrogens with zero attached hydrogens (tertiary/aromatic N) is 2. The second-order valence-corrected chi connectivity index (χ2v) is 7.42. The van der Waals surface area contributed by atoms with Crippen molar-refractivity contribution in [3.63, 3.8) is 0 Å². The molecule has 1 N–H and O–H groups in total. The van der Waals surface area contributed by atoms with E-state index in [0.717, 1.165) is 15.7 Å². The molecule has 23 heavy (non-hydrogen) atoms. The van der Waals surface area contributed by atoms with Crippen molar-refractivity contribution in [1.82, 2.24) is 9.55 Å². The number of anilines is 1. The van der Waals surface area contributed by atoms with Crippen LogP contribution in [-0.4, -0.2) is 21.2 Å². The summed E-state index contributed by atoms with van der Waals surface area (Å²) in [7, 11) is 0. The topological polar surface area (TPSA) is 64.0 Å². The predicted octanol–water partition coefficient (Wildman–Crippen LogP) is 3.30. The molecule has 1 amide bonds. The van der Waals surface area contributed by atoms with Gasteiger partial charge in [0.1, 0.15) is 0 Å². The molecule has 3 rings (SSSR count). The van der Waals surface area contributed by atoms with E-state index >= 15 is 0 Å². The summed E-state index contributed by atoms with van der Waals surface area (Å²) in [6, 6.07) is 5.52. The third-order valence-corrected chi connectivity index (χ3v) is 5.77. The first-order chi connectivity index (χ1) is 11.0. The van der Waals surface area contributed by atoms with E-state index in [-0.39, 0.29) is 23.9 Å². The van der Waals surface area contributed by atoms with Gasteiger partial charge in [0.15, 0.2) is 5.16 Å². The molecule has 1 aromatic carbocycles. The lowest BCUT2D eigenvalue weighted by Gasteiger charge is -2.14. The number of aromatic nitrogens is 2. The molecule has 0 bridgehead atoms. The van der Waals surface area contributed by atoms with Crippen molar-refractivity contribution >= 4 is 39.3 Å². The average molecular weight is 394 g/mol. The number of fused-ring (bicyclic) bond motifs is 1. The van der Waals surface area contributed by atoms with Gasteiger partial charge >= 0.3 is 0 Å². The Morgan fingerprint density at radius 1 is 1.43 bits per heavy atom. The number of hydrogen-bond donors (Lipinski definition) is 1. The Labute approximate surface area is 146 Å². The summed E-state index contributed by atoms with van der Waals surface area (Å²) in [4.78, 5) is 28.8. The van der Waals surface area contributed by atoms with Gasteiger partial charge in [-0.25, -0.2) is 4.98 Å². The van der Waals surface area contributed by atoms with Crippen LogP contribution in [0.5, 0.6) is 0 Å². The normalized spacial score (nSPS) is 16.2. The Morgan fingerprint density at radius 2 is 2.22 bits per heavy atom. The number of carbonyl (C=O) groups is 1. The first-order valence-electron chi connectivity index (χ1n) is 7.22. The van der Waals surface area contributed by atoms with Crippen LogP contribution in [0.25, 0.3) is 0 Å². The molecule has 120 valence electrons. The third-order valence-electron chi connectivity index (χ3n) is 3.76. The summed E-state index contributed by atoms with van der Waals surface area (Å²) in [6.07, 6.45) is 1.86. The fraction of sp³-hybridized carbons (Fsp3) is 0.312. The summed E-state index contributed by atoms with van der Waals surface area (Å²) >= 11 is 4.96.